The predicted octanol–water partition coefficient (Wildman–Crippen LogP) is -0.653. The van der Waals surface area contributed by atoms with Crippen LogP contribution in [0.5, 0.6) is 0 Å². The van der Waals surface area contributed by atoms with E-state index in [9.17, 15) is 4.79 Å². The van der Waals surface area contributed by atoms with Crippen LogP contribution in [0.2, 0.25) is 0 Å². The molecule has 82 valence electrons. The molecule has 1 aliphatic rings. The van der Waals surface area contributed by atoms with Crippen molar-refractivity contribution in [1.29, 1.82) is 0 Å². The summed E-state index contributed by atoms with van der Waals surface area (Å²) in [4.78, 5) is 11.4. The van der Waals surface area contributed by atoms with Crippen molar-refractivity contribution in [3.63, 3.8) is 0 Å². The van der Waals surface area contributed by atoms with E-state index in [1.54, 1.807) is 24.1 Å². The molecule has 1 saturated heterocycles. The third-order valence-electron chi connectivity index (χ3n) is 2.18. The van der Waals surface area contributed by atoms with Gasteiger partial charge in [0.15, 0.2) is 0 Å². The highest BCUT2D eigenvalue weighted by atomic mass is 16.5. The first-order valence-electron chi connectivity index (χ1n) is 4.85. The molecule has 0 spiro atoms. The Balaban J connectivity index is 1.71. The number of aromatic nitrogens is 2. The Morgan fingerprint density at radius 1 is 1.80 bits per heavy atom. The van der Waals surface area contributed by atoms with Crippen LogP contribution in [0.15, 0.2) is 12.4 Å². The first-order valence-corrected chi connectivity index (χ1v) is 4.85. The summed E-state index contributed by atoms with van der Waals surface area (Å²) in [5, 5.41) is 9.71. The van der Waals surface area contributed by atoms with Gasteiger partial charge in [0, 0.05) is 26.3 Å². The lowest BCUT2D eigenvalue weighted by Gasteiger charge is -2.26. The van der Waals surface area contributed by atoms with Gasteiger partial charge in [-0.25, -0.2) is 0 Å². The van der Waals surface area contributed by atoms with E-state index in [1.807, 2.05) is 0 Å². The van der Waals surface area contributed by atoms with Crippen molar-refractivity contribution in [1.82, 2.24) is 15.1 Å². The molecule has 2 heterocycles. The van der Waals surface area contributed by atoms with E-state index in [1.165, 1.54) is 0 Å². The van der Waals surface area contributed by atoms with Crippen LogP contribution < -0.4 is 10.6 Å². The third kappa shape index (κ3) is 2.77. The molecule has 0 saturated carbocycles. The molecule has 0 atom stereocenters. The lowest BCUT2D eigenvalue weighted by molar-refractivity contribution is -0.123. The quantitative estimate of drug-likeness (QED) is 0.692. The number of aryl methyl sites for hydroxylation is 1. The minimum Gasteiger partial charge on any atom is -0.366 e. The average Bonchev–Trinajstić information content (AvgIpc) is 2.48. The maximum absolute atomic E-state index is 11.4. The van der Waals surface area contributed by atoms with Crippen LogP contribution in [-0.2, 0) is 16.6 Å². The van der Waals surface area contributed by atoms with Crippen LogP contribution in [0, 0.1) is 0 Å². The van der Waals surface area contributed by atoms with Gasteiger partial charge in [0.05, 0.1) is 18.0 Å². The molecule has 2 rings (SSSR count). The maximum atomic E-state index is 11.4. The highest BCUT2D eigenvalue weighted by molar-refractivity contribution is 5.91. The average molecular weight is 210 g/mol. The molecule has 1 aromatic heterocycles. The summed E-state index contributed by atoms with van der Waals surface area (Å²) in [5.41, 5.74) is 0.692. The molecule has 2 N–H and O–H groups in total. The van der Waals surface area contributed by atoms with Gasteiger partial charge in [0.1, 0.15) is 6.61 Å². The van der Waals surface area contributed by atoms with Gasteiger partial charge in [-0.2, -0.15) is 5.10 Å². The number of anilines is 1. The summed E-state index contributed by atoms with van der Waals surface area (Å²) < 4.78 is 6.95. The second-order valence-electron chi connectivity index (χ2n) is 3.54. The fourth-order valence-electron chi connectivity index (χ4n) is 1.26. The second kappa shape index (κ2) is 4.41. The van der Waals surface area contributed by atoms with Crippen LogP contribution in [-0.4, -0.2) is 41.5 Å². The largest absolute Gasteiger partial charge is 0.366 e. The van der Waals surface area contributed by atoms with Gasteiger partial charge >= 0.3 is 0 Å². The first-order chi connectivity index (χ1) is 7.24. The third-order valence-corrected chi connectivity index (χ3v) is 2.18. The van der Waals surface area contributed by atoms with Crippen molar-refractivity contribution in [2.24, 2.45) is 7.05 Å². The molecule has 0 unspecified atom stereocenters. The fourth-order valence-corrected chi connectivity index (χ4v) is 1.26. The SMILES string of the molecule is Cn1cc(NC(=O)COC2CNC2)cn1. The van der Waals surface area contributed by atoms with Crippen molar-refractivity contribution in [3.8, 4) is 0 Å². The Morgan fingerprint density at radius 3 is 3.13 bits per heavy atom. The van der Waals surface area contributed by atoms with E-state index in [4.69, 9.17) is 4.74 Å². The number of rotatable bonds is 4. The fraction of sp³-hybridized carbons (Fsp3) is 0.556. The monoisotopic (exact) mass is 210 g/mol. The lowest BCUT2D eigenvalue weighted by Crippen LogP contribution is -2.49. The summed E-state index contributed by atoms with van der Waals surface area (Å²) in [5.74, 6) is -0.144. The van der Waals surface area contributed by atoms with Crippen LogP contribution in [0.25, 0.3) is 0 Å². The highest BCUT2D eigenvalue weighted by Crippen LogP contribution is 2.03. The van der Waals surface area contributed by atoms with Crippen LogP contribution in [0.1, 0.15) is 0 Å². The van der Waals surface area contributed by atoms with E-state index in [0.29, 0.717) is 5.69 Å². The smallest absolute Gasteiger partial charge is 0.250 e. The topological polar surface area (TPSA) is 68.2 Å². The van der Waals surface area contributed by atoms with Gasteiger partial charge < -0.3 is 15.4 Å². The van der Waals surface area contributed by atoms with E-state index in [2.05, 4.69) is 15.7 Å². The zero-order valence-electron chi connectivity index (χ0n) is 8.56. The summed E-state index contributed by atoms with van der Waals surface area (Å²) in [6, 6.07) is 0. The molecule has 1 fully saturated rings. The number of amides is 1. The zero-order chi connectivity index (χ0) is 10.7. The Labute approximate surface area is 87.6 Å². The number of nitrogens with one attached hydrogen (secondary N) is 2. The summed E-state index contributed by atoms with van der Waals surface area (Å²) >= 11 is 0. The van der Waals surface area contributed by atoms with E-state index < -0.39 is 0 Å². The molecule has 1 aliphatic heterocycles. The van der Waals surface area contributed by atoms with Crippen molar-refractivity contribution >= 4 is 11.6 Å². The molecule has 0 aliphatic carbocycles. The van der Waals surface area contributed by atoms with Gasteiger partial charge in [-0.05, 0) is 0 Å². The summed E-state index contributed by atoms with van der Waals surface area (Å²) in [7, 11) is 1.80. The van der Waals surface area contributed by atoms with E-state index in [-0.39, 0.29) is 18.6 Å². The summed E-state index contributed by atoms with van der Waals surface area (Å²) in [6.07, 6.45) is 3.52. The van der Waals surface area contributed by atoms with Gasteiger partial charge in [0.2, 0.25) is 5.91 Å². The van der Waals surface area contributed by atoms with Gasteiger partial charge in [-0.3, -0.25) is 9.48 Å². The predicted molar refractivity (Wildman–Crippen MR) is 54.4 cm³/mol. The minimum atomic E-state index is -0.144. The molecular formula is C9H14N4O2. The Morgan fingerprint density at radius 2 is 2.60 bits per heavy atom. The molecule has 0 aromatic carbocycles. The van der Waals surface area contributed by atoms with Crippen molar-refractivity contribution in [2.75, 3.05) is 25.0 Å². The molecule has 6 nitrogen and oxygen atoms in total. The Kier molecular flexibility index (Phi) is 2.98. The van der Waals surface area contributed by atoms with Crippen LogP contribution >= 0.6 is 0 Å². The molecular weight excluding hydrogens is 196 g/mol. The van der Waals surface area contributed by atoms with Gasteiger partial charge in [-0.15, -0.1) is 0 Å². The van der Waals surface area contributed by atoms with Crippen LogP contribution in [0.4, 0.5) is 5.69 Å². The zero-order valence-corrected chi connectivity index (χ0v) is 8.56. The minimum absolute atomic E-state index is 0.0985. The molecule has 0 radical (unpaired) electrons. The van der Waals surface area contributed by atoms with Crippen molar-refractivity contribution < 1.29 is 9.53 Å². The van der Waals surface area contributed by atoms with E-state index in [0.717, 1.165) is 13.1 Å². The van der Waals surface area contributed by atoms with E-state index >= 15 is 0 Å². The number of carbonyl (C=O) groups is 1. The van der Waals surface area contributed by atoms with Gasteiger partial charge in [0.25, 0.3) is 0 Å². The summed E-state index contributed by atoms with van der Waals surface area (Å²) in [6.45, 7) is 1.77. The number of carbonyl (C=O) groups excluding carboxylic acids is 1. The van der Waals surface area contributed by atoms with Crippen molar-refractivity contribution in [2.45, 2.75) is 6.10 Å². The highest BCUT2D eigenvalue weighted by Gasteiger charge is 2.18. The number of hydrogen-bond acceptors (Lipinski definition) is 4. The Hall–Kier alpha value is -1.40. The lowest BCUT2D eigenvalue weighted by atomic mass is 10.2. The number of nitrogens with zero attached hydrogens (tertiary/aromatic N) is 2. The second-order valence-corrected chi connectivity index (χ2v) is 3.54. The maximum Gasteiger partial charge on any atom is 0.250 e. The van der Waals surface area contributed by atoms with Crippen LogP contribution in [0.3, 0.4) is 0 Å². The van der Waals surface area contributed by atoms with Gasteiger partial charge in [-0.1, -0.05) is 0 Å². The molecule has 15 heavy (non-hydrogen) atoms. The molecule has 1 aromatic rings. The van der Waals surface area contributed by atoms with Crippen molar-refractivity contribution in [3.05, 3.63) is 12.4 Å². The normalized spacial score (nSPS) is 16.1. The number of ether oxygens (including phenoxy) is 1. The first kappa shape index (κ1) is 10.1. The molecule has 6 heteroatoms. The number of hydrogen-bond donors (Lipinski definition) is 2. The standard InChI is InChI=1S/C9H14N4O2/c1-13-5-7(2-11-13)12-9(14)6-15-8-3-10-4-8/h2,5,8,10H,3-4,6H2,1H3,(H,12,14). The Bertz CT molecular complexity index is 346. The molecule has 0 bridgehead atoms. The molecule has 1 amide bonds.